The van der Waals surface area contributed by atoms with Gasteiger partial charge in [-0.15, -0.1) is 0 Å². The summed E-state index contributed by atoms with van der Waals surface area (Å²) in [6, 6.07) is 31.3. The molecular formula is C33H29ClN2O3S. The number of benzene rings is 4. The van der Waals surface area contributed by atoms with Crippen LogP contribution in [-0.4, -0.2) is 29.6 Å². The Kier molecular flexibility index (Phi) is 8.89. The number of hydrogen-bond donors (Lipinski definition) is 0. The number of amides is 1. The number of rotatable bonds is 9. The first-order valence-corrected chi connectivity index (χ1v) is 14.1. The maximum Gasteiger partial charge on any atom is 0.266 e. The molecule has 0 spiro atoms. The molecule has 0 atom stereocenters. The average molecular weight is 569 g/mol. The standard InChI is InChI=1S/C33H29ClN2O3S/c1-23-12-15-27(16-13-23)35-33-36(19-18-24-8-4-3-5-9-24)32(37)31(40-33)21-25-14-17-29(30(20-25)38-2)39-22-26-10-6-7-11-28(26)34/h3-17,20-21H,18-19,22H2,1-2H3/b31-21+,35-33?. The second kappa shape index (κ2) is 12.9. The van der Waals surface area contributed by atoms with Crippen LogP contribution in [0.3, 0.4) is 0 Å². The molecule has 1 heterocycles. The molecule has 0 unspecified atom stereocenters. The van der Waals surface area contributed by atoms with Gasteiger partial charge in [-0.25, -0.2) is 4.99 Å². The Morgan fingerprint density at radius 3 is 2.42 bits per heavy atom. The molecule has 0 bridgehead atoms. The van der Waals surface area contributed by atoms with Crippen molar-refractivity contribution >= 4 is 46.2 Å². The van der Waals surface area contributed by atoms with Gasteiger partial charge in [0.25, 0.3) is 5.91 Å². The number of halogens is 1. The molecule has 1 aliphatic heterocycles. The quantitative estimate of drug-likeness (QED) is 0.191. The summed E-state index contributed by atoms with van der Waals surface area (Å²) in [5.74, 6) is 1.11. The maximum atomic E-state index is 13.6. The molecule has 0 aromatic heterocycles. The summed E-state index contributed by atoms with van der Waals surface area (Å²) in [4.78, 5) is 20.8. The van der Waals surface area contributed by atoms with E-state index in [2.05, 4.69) is 12.1 Å². The van der Waals surface area contributed by atoms with Gasteiger partial charge in [0.15, 0.2) is 16.7 Å². The number of ether oxygens (including phenoxy) is 2. The number of amidine groups is 1. The minimum atomic E-state index is -0.0650. The molecule has 202 valence electrons. The van der Waals surface area contributed by atoms with E-state index in [0.29, 0.717) is 39.7 Å². The zero-order chi connectivity index (χ0) is 27.9. The first kappa shape index (κ1) is 27.6. The van der Waals surface area contributed by atoms with Crippen molar-refractivity contribution in [2.45, 2.75) is 20.0 Å². The molecule has 4 aromatic carbocycles. The molecule has 0 radical (unpaired) electrons. The minimum Gasteiger partial charge on any atom is -0.493 e. The van der Waals surface area contributed by atoms with Gasteiger partial charge in [0.1, 0.15) is 6.61 Å². The highest BCUT2D eigenvalue weighted by molar-refractivity contribution is 8.18. The van der Waals surface area contributed by atoms with Crippen molar-refractivity contribution in [3.05, 3.63) is 129 Å². The van der Waals surface area contributed by atoms with Gasteiger partial charge in [0.05, 0.1) is 17.7 Å². The second-order valence-corrected chi connectivity index (χ2v) is 10.7. The van der Waals surface area contributed by atoms with E-state index in [-0.39, 0.29) is 5.91 Å². The number of aliphatic imine (C=N–C) groups is 1. The fourth-order valence-electron chi connectivity index (χ4n) is 4.22. The Labute approximate surface area is 244 Å². The van der Waals surface area contributed by atoms with Gasteiger partial charge in [0, 0.05) is 17.1 Å². The Morgan fingerprint density at radius 1 is 0.925 bits per heavy atom. The van der Waals surface area contributed by atoms with E-state index in [1.54, 1.807) is 12.0 Å². The van der Waals surface area contributed by atoms with Crippen molar-refractivity contribution in [2.75, 3.05) is 13.7 Å². The summed E-state index contributed by atoms with van der Waals surface area (Å²) in [6.45, 7) is 2.90. The number of methoxy groups -OCH3 is 1. The van der Waals surface area contributed by atoms with Gasteiger partial charge in [-0.3, -0.25) is 9.69 Å². The number of nitrogens with zero attached hydrogens (tertiary/aromatic N) is 2. The molecule has 1 amide bonds. The molecule has 5 rings (SSSR count). The molecule has 1 fully saturated rings. The highest BCUT2D eigenvalue weighted by Gasteiger charge is 2.33. The fourth-order valence-corrected chi connectivity index (χ4v) is 5.43. The molecular weight excluding hydrogens is 540 g/mol. The monoisotopic (exact) mass is 568 g/mol. The van der Waals surface area contributed by atoms with Crippen LogP contribution in [0.4, 0.5) is 5.69 Å². The number of carbonyl (C=O) groups is 1. The molecule has 7 heteroatoms. The van der Waals surface area contributed by atoms with Crippen molar-refractivity contribution in [1.29, 1.82) is 0 Å². The average Bonchev–Trinajstić information content (AvgIpc) is 3.26. The van der Waals surface area contributed by atoms with Gasteiger partial charge in [-0.2, -0.15) is 0 Å². The SMILES string of the molecule is COc1cc(/C=C2/SC(=Nc3ccc(C)cc3)N(CCc3ccccc3)C2=O)ccc1OCc1ccccc1Cl. The molecule has 0 aliphatic carbocycles. The second-order valence-electron chi connectivity index (χ2n) is 9.32. The summed E-state index contributed by atoms with van der Waals surface area (Å²) in [7, 11) is 1.60. The lowest BCUT2D eigenvalue weighted by Gasteiger charge is -2.15. The maximum absolute atomic E-state index is 13.6. The van der Waals surface area contributed by atoms with Gasteiger partial charge in [0.2, 0.25) is 0 Å². The van der Waals surface area contributed by atoms with Crippen molar-refractivity contribution in [3.8, 4) is 11.5 Å². The molecule has 1 saturated heterocycles. The van der Waals surface area contributed by atoms with Crippen LogP contribution in [0.1, 0.15) is 22.3 Å². The largest absolute Gasteiger partial charge is 0.493 e. The van der Waals surface area contributed by atoms with Gasteiger partial charge >= 0.3 is 0 Å². The third-order valence-electron chi connectivity index (χ3n) is 6.44. The van der Waals surface area contributed by atoms with Crippen LogP contribution in [0.15, 0.2) is 107 Å². The first-order chi connectivity index (χ1) is 19.5. The molecule has 0 N–H and O–H groups in total. The third kappa shape index (κ3) is 6.76. The Bertz CT molecular complexity index is 1550. The molecule has 4 aromatic rings. The zero-order valence-corrected chi connectivity index (χ0v) is 23.9. The van der Waals surface area contributed by atoms with Crippen LogP contribution in [0.2, 0.25) is 5.02 Å². The normalized spacial score (nSPS) is 15.2. The predicted octanol–water partition coefficient (Wildman–Crippen LogP) is 8.08. The summed E-state index contributed by atoms with van der Waals surface area (Å²) in [5, 5.41) is 1.32. The van der Waals surface area contributed by atoms with Crippen molar-refractivity contribution < 1.29 is 14.3 Å². The van der Waals surface area contributed by atoms with Gasteiger partial charge in [-0.05, 0) is 72.6 Å². The van der Waals surface area contributed by atoms with E-state index in [1.807, 2.05) is 97.9 Å². The lowest BCUT2D eigenvalue weighted by molar-refractivity contribution is -0.122. The minimum absolute atomic E-state index is 0.0650. The Morgan fingerprint density at radius 2 is 1.68 bits per heavy atom. The topological polar surface area (TPSA) is 51.1 Å². The van der Waals surface area contributed by atoms with Crippen molar-refractivity contribution in [3.63, 3.8) is 0 Å². The van der Waals surface area contributed by atoms with Crippen LogP contribution in [0.5, 0.6) is 11.5 Å². The van der Waals surface area contributed by atoms with Crippen LogP contribution in [0.25, 0.3) is 6.08 Å². The zero-order valence-electron chi connectivity index (χ0n) is 22.3. The summed E-state index contributed by atoms with van der Waals surface area (Å²) >= 11 is 7.65. The number of hydrogen-bond acceptors (Lipinski definition) is 5. The number of aryl methyl sites for hydroxylation is 1. The fraction of sp³-hybridized carbons (Fsp3) is 0.152. The molecule has 1 aliphatic rings. The van der Waals surface area contributed by atoms with E-state index in [0.717, 1.165) is 28.8 Å². The molecule has 40 heavy (non-hydrogen) atoms. The Hall–Kier alpha value is -4.00. The molecule has 0 saturated carbocycles. The van der Waals surface area contributed by atoms with E-state index in [4.69, 9.17) is 26.1 Å². The summed E-state index contributed by atoms with van der Waals surface area (Å²) in [6.07, 6.45) is 2.61. The lowest BCUT2D eigenvalue weighted by Crippen LogP contribution is -2.31. The summed E-state index contributed by atoms with van der Waals surface area (Å²) in [5.41, 5.74) is 4.87. The summed E-state index contributed by atoms with van der Waals surface area (Å²) < 4.78 is 11.6. The third-order valence-corrected chi connectivity index (χ3v) is 7.82. The van der Waals surface area contributed by atoms with Crippen LogP contribution < -0.4 is 9.47 Å². The van der Waals surface area contributed by atoms with Crippen molar-refractivity contribution in [1.82, 2.24) is 4.90 Å². The molecule has 5 nitrogen and oxygen atoms in total. The van der Waals surface area contributed by atoms with Crippen molar-refractivity contribution in [2.24, 2.45) is 4.99 Å². The smallest absolute Gasteiger partial charge is 0.266 e. The highest BCUT2D eigenvalue weighted by Crippen LogP contribution is 2.36. The number of thioether (sulfide) groups is 1. The lowest BCUT2D eigenvalue weighted by atomic mass is 10.1. The van der Waals surface area contributed by atoms with Crippen LogP contribution in [-0.2, 0) is 17.8 Å². The van der Waals surface area contributed by atoms with E-state index in [9.17, 15) is 4.79 Å². The van der Waals surface area contributed by atoms with Gasteiger partial charge in [-0.1, -0.05) is 83.9 Å². The van der Waals surface area contributed by atoms with E-state index < -0.39 is 0 Å². The van der Waals surface area contributed by atoms with E-state index in [1.165, 1.54) is 17.3 Å². The van der Waals surface area contributed by atoms with E-state index >= 15 is 0 Å². The predicted molar refractivity (Wildman–Crippen MR) is 164 cm³/mol. The first-order valence-electron chi connectivity index (χ1n) is 12.9. The van der Waals surface area contributed by atoms with Gasteiger partial charge < -0.3 is 9.47 Å². The number of carbonyl (C=O) groups excluding carboxylic acids is 1. The Balaban J connectivity index is 1.38. The highest BCUT2D eigenvalue weighted by atomic mass is 35.5. The van der Waals surface area contributed by atoms with Crippen LogP contribution >= 0.6 is 23.4 Å². The van der Waals surface area contributed by atoms with Crippen LogP contribution in [0, 0.1) is 6.92 Å².